The number of rotatable bonds is 3. The topological polar surface area (TPSA) is 37.3 Å². The van der Waals surface area contributed by atoms with Gasteiger partial charge in [-0.15, -0.1) is 0 Å². The second-order valence-corrected chi connectivity index (χ2v) is 5.86. The average molecular weight is 288 g/mol. The van der Waals surface area contributed by atoms with Crippen molar-refractivity contribution >= 4 is 16.7 Å². The molecule has 1 atom stereocenters. The van der Waals surface area contributed by atoms with Crippen LogP contribution in [0.15, 0.2) is 60.7 Å². The minimum atomic E-state index is -0.730. The van der Waals surface area contributed by atoms with Crippen LogP contribution < -0.4 is 0 Å². The van der Waals surface area contributed by atoms with Gasteiger partial charge in [0, 0.05) is 12.3 Å². The summed E-state index contributed by atoms with van der Waals surface area (Å²) in [6.45, 7) is 0. The number of carbonyl (C=O) groups is 1. The van der Waals surface area contributed by atoms with Crippen LogP contribution in [0.3, 0.4) is 0 Å². The quantitative estimate of drug-likeness (QED) is 0.750. The predicted octanol–water partition coefficient (Wildman–Crippen LogP) is 4.82. The van der Waals surface area contributed by atoms with Crippen LogP contribution in [0.1, 0.15) is 29.9 Å². The molecule has 0 fully saturated rings. The Labute approximate surface area is 129 Å². The van der Waals surface area contributed by atoms with Crippen molar-refractivity contribution in [1.29, 1.82) is 0 Å². The fraction of sp³-hybridized carbons (Fsp3) is 0.150. The van der Waals surface area contributed by atoms with Crippen molar-refractivity contribution in [2.24, 2.45) is 0 Å². The van der Waals surface area contributed by atoms with Gasteiger partial charge in [0.05, 0.1) is 0 Å². The normalized spacial score (nSPS) is 15.5. The number of fused-ring (bicyclic) bond motifs is 4. The van der Waals surface area contributed by atoms with Crippen molar-refractivity contribution in [3.63, 3.8) is 0 Å². The minimum Gasteiger partial charge on any atom is -0.481 e. The summed E-state index contributed by atoms with van der Waals surface area (Å²) >= 11 is 0. The van der Waals surface area contributed by atoms with Gasteiger partial charge in [0.1, 0.15) is 0 Å². The Kier molecular flexibility index (Phi) is 2.97. The summed E-state index contributed by atoms with van der Waals surface area (Å²) in [4.78, 5) is 11.0. The van der Waals surface area contributed by atoms with Gasteiger partial charge in [0.15, 0.2) is 0 Å². The standard InChI is InChI=1S/C20H16O2/c21-20(22)10-9-17-15-7-3-4-8-16(15)18-11-13-5-1-2-6-14(13)12-19(17)18/h1-8,11-12,17H,9-10H2,(H,21,22). The molecular formula is C20H16O2. The van der Waals surface area contributed by atoms with Gasteiger partial charge in [0.2, 0.25) is 0 Å². The molecule has 1 aliphatic carbocycles. The minimum absolute atomic E-state index is 0.187. The van der Waals surface area contributed by atoms with E-state index in [1.807, 2.05) is 12.1 Å². The molecular weight excluding hydrogens is 272 g/mol. The van der Waals surface area contributed by atoms with E-state index in [0.717, 1.165) is 0 Å². The number of benzene rings is 3. The van der Waals surface area contributed by atoms with Crippen molar-refractivity contribution in [2.45, 2.75) is 18.8 Å². The number of aliphatic carboxylic acids is 1. The molecule has 0 radical (unpaired) electrons. The van der Waals surface area contributed by atoms with Gasteiger partial charge in [-0.3, -0.25) is 4.79 Å². The van der Waals surface area contributed by atoms with E-state index in [0.29, 0.717) is 6.42 Å². The van der Waals surface area contributed by atoms with E-state index in [2.05, 4.69) is 48.5 Å². The Balaban J connectivity index is 1.91. The Morgan fingerprint density at radius 2 is 1.55 bits per heavy atom. The van der Waals surface area contributed by atoms with Crippen LogP contribution in [0.25, 0.3) is 21.9 Å². The van der Waals surface area contributed by atoms with E-state index < -0.39 is 5.97 Å². The van der Waals surface area contributed by atoms with Crippen LogP contribution in [0.4, 0.5) is 0 Å². The summed E-state index contributed by atoms with van der Waals surface area (Å²) in [6, 6.07) is 21.2. The molecule has 3 aromatic rings. The highest BCUT2D eigenvalue weighted by Crippen LogP contribution is 2.47. The van der Waals surface area contributed by atoms with Gasteiger partial charge in [-0.05, 0) is 51.6 Å². The Bertz CT molecular complexity index is 880. The molecule has 2 heteroatoms. The van der Waals surface area contributed by atoms with Crippen molar-refractivity contribution in [3.05, 3.63) is 71.8 Å². The molecule has 3 aromatic carbocycles. The van der Waals surface area contributed by atoms with Crippen LogP contribution in [0.5, 0.6) is 0 Å². The zero-order chi connectivity index (χ0) is 15.1. The maximum Gasteiger partial charge on any atom is 0.303 e. The first-order valence-electron chi connectivity index (χ1n) is 7.58. The largest absolute Gasteiger partial charge is 0.481 e. The van der Waals surface area contributed by atoms with Crippen molar-refractivity contribution in [1.82, 2.24) is 0 Å². The summed E-state index contributed by atoms with van der Waals surface area (Å²) in [6.07, 6.45) is 0.850. The van der Waals surface area contributed by atoms with Gasteiger partial charge in [-0.2, -0.15) is 0 Å². The molecule has 0 aliphatic heterocycles. The highest BCUT2D eigenvalue weighted by atomic mass is 16.4. The molecule has 0 bridgehead atoms. The van der Waals surface area contributed by atoms with Crippen LogP contribution in [0, 0.1) is 0 Å². The van der Waals surface area contributed by atoms with Gasteiger partial charge < -0.3 is 5.11 Å². The fourth-order valence-electron chi connectivity index (χ4n) is 3.57. The van der Waals surface area contributed by atoms with E-state index >= 15 is 0 Å². The average Bonchev–Trinajstić information content (AvgIpc) is 2.84. The summed E-state index contributed by atoms with van der Waals surface area (Å²) in [5.41, 5.74) is 5.03. The van der Waals surface area contributed by atoms with Crippen molar-refractivity contribution in [3.8, 4) is 11.1 Å². The van der Waals surface area contributed by atoms with E-state index in [1.54, 1.807) is 0 Å². The number of carboxylic acids is 1. The smallest absolute Gasteiger partial charge is 0.303 e. The lowest BCUT2D eigenvalue weighted by Crippen LogP contribution is -2.02. The van der Waals surface area contributed by atoms with Gasteiger partial charge >= 0.3 is 5.97 Å². The highest BCUT2D eigenvalue weighted by Gasteiger charge is 2.28. The Morgan fingerprint density at radius 3 is 2.32 bits per heavy atom. The summed E-state index contributed by atoms with van der Waals surface area (Å²) in [7, 11) is 0. The maximum absolute atomic E-state index is 11.0. The summed E-state index contributed by atoms with van der Waals surface area (Å²) in [5.74, 6) is -0.543. The molecule has 2 nitrogen and oxygen atoms in total. The Hall–Kier alpha value is -2.61. The fourth-order valence-corrected chi connectivity index (χ4v) is 3.57. The van der Waals surface area contributed by atoms with Gasteiger partial charge in [-0.25, -0.2) is 0 Å². The first kappa shape index (κ1) is 13.1. The SMILES string of the molecule is O=C(O)CCC1c2ccccc2-c2cc3ccccc3cc21. The molecule has 0 saturated heterocycles. The number of hydrogen-bond acceptors (Lipinski definition) is 1. The summed E-state index contributed by atoms with van der Waals surface area (Å²) in [5, 5.41) is 11.5. The van der Waals surface area contributed by atoms with E-state index in [-0.39, 0.29) is 12.3 Å². The third-order valence-electron chi connectivity index (χ3n) is 4.57. The summed E-state index contributed by atoms with van der Waals surface area (Å²) < 4.78 is 0. The van der Waals surface area contributed by atoms with Crippen LogP contribution in [-0.2, 0) is 4.79 Å². The molecule has 22 heavy (non-hydrogen) atoms. The Morgan fingerprint density at radius 1 is 0.864 bits per heavy atom. The molecule has 0 spiro atoms. The number of hydrogen-bond donors (Lipinski definition) is 1. The lowest BCUT2D eigenvalue weighted by molar-refractivity contribution is -0.137. The molecule has 0 heterocycles. The zero-order valence-electron chi connectivity index (χ0n) is 12.1. The van der Waals surface area contributed by atoms with E-state index in [1.165, 1.54) is 33.0 Å². The van der Waals surface area contributed by atoms with Crippen molar-refractivity contribution < 1.29 is 9.90 Å². The molecule has 0 aromatic heterocycles. The predicted molar refractivity (Wildman–Crippen MR) is 88.1 cm³/mol. The molecule has 0 saturated carbocycles. The molecule has 108 valence electrons. The van der Waals surface area contributed by atoms with Crippen LogP contribution in [-0.4, -0.2) is 11.1 Å². The lowest BCUT2D eigenvalue weighted by atomic mass is 9.91. The molecule has 0 amide bonds. The zero-order valence-corrected chi connectivity index (χ0v) is 12.1. The molecule has 1 N–H and O–H groups in total. The number of carboxylic acid groups (broad SMARTS) is 1. The van der Waals surface area contributed by atoms with Crippen molar-refractivity contribution in [2.75, 3.05) is 0 Å². The monoisotopic (exact) mass is 288 g/mol. The highest BCUT2D eigenvalue weighted by molar-refractivity contribution is 5.92. The first-order chi connectivity index (χ1) is 10.7. The molecule has 1 aliphatic rings. The second kappa shape index (κ2) is 4.99. The van der Waals surface area contributed by atoms with E-state index in [9.17, 15) is 4.79 Å². The van der Waals surface area contributed by atoms with Gasteiger partial charge in [-0.1, -0.05) is 48.5 Å². The first-order valence-corrected chi connectivity index (χ1v) is 7.58. The lowest BCUT2D eigenvalue weighted by Gasteiger charge is -2.12. The maximum atomic E-state index is 11.0. The van der Waals surface area contributed by atoms with Gasteiger partial charge in [0.25, 0.3) is 0 Å². The van der Waals surface area contributed by atoms with Crippen LogP contribution in [0.2, 0.25) is 0 Å². The molecule has 1 unspecified atom stereocenters. The second-order valence-electron chi connectivity index (χ2n) is 5.86. The third kappa shape index (κ3) is 2.00. The molecule has 4 rings (SSSR count). The third-order valence-corrected chi connectivity index (χ3v) is 4.57. The van der Waals surface area contributed by atoms with E-state index in [4.69, 9.17) is 5.11 Å². The van der Waals surface area contributed by atoms with Crippen LogP contribution >= 0.6 is 0 Å².